The number of alkyl halides is 3. The summed E-state index contributed by atoms with van der Waals surface area (Å²) in [7, 11) is 0. The molecule has 0 aromatic carbocycles. The fourth-order valence-corrected chi connectivity index (χ4v) is 1.28. The second-order valence-corrected chi connectivity index (χ2v) is 3.07. The van der Waals surface area contributed by atoms with E-state index in [1.807, 2.05) is 0 Å². The Labute approximate surface area is 87.7 Å². The summed E-state index contributed by atoms with van der Waals surface area (Å²) in [6.07, 6.45) is -2.79. The molecule has 0 saturated heterocycles. The number of pyridine rings is 1. The summed E-state index contributed by atoms with van der Waals surface area (Å²) in [5, 5.41) is 8.92. The summed E-state index contributed by atoms with van der Waals surface area (Å²) in [6.45, 7) is 0. The van der Waals surface area contributed by atoms with Crippen molar-refractivity contribution in [1.82, 2.24) is 4.98 Å². The lowest BCUT2D eigenvalue weighted by atomic mass is 10.1. The standard InChI is InChI=1S/C8H6BrF2N3/c9-2-4-1-6(13)5(3-12)7(14-4)8(10)11/h1,8H,2H2,(H2,13,14). The van der Waals surface area contributed by atoms with E-state index in [-0.39, 0.29) is 11.3 Å². The van der Waals surface area contributed by atoms with Gasteiger partial charge in [-0.1, -0.05) is 15.9 Å². The van der Waals surface area contributed by atoms with E-state index in [4.69, 9.17) is 11.0 Å². The zero-order valence-electron chi connectivity index (χ0n) is 6.97. The Bertz CT molecular complexity index is 387. The lowest BCUT2D eigenvalue weighted by Gasteiger charge is -2.06. The van der Waals surface area contributed by atoms with Gasteiger partial charge in [0.15, 0.2) is 0 Å². The van der Waals surface area contributed by atoms with Crippen LogP contribution >= 0.6 is 15.9 Å². The van der Waals surface area contributed by atoms with Crippen LogP contribution in [0.5, 0.6) is 0 Å². The molecule has 0 saturated carbocycles. The maximum absolute atomic E-state index is 12.4. The summed E-state index contributed by atoms with van der Waals surface area (Å²) in [6, 6.07) is 3.02. The Morgan fingerprint density at radius 3 is 2.71 bits per heavy atom. The van der Waals surface area contributed by atoms with Gasteiger partial charge in [-0.2, -0.15) is 5.26 Å². The van der Waals surface area contributed by atoms with Gasteiger partial charge >= 0.3 is 0 Å². The van der Waals surface area contributed by atoms with Gasteiger partial charge < -0.3 is 5.73 Å². The Balaban J connectivity index is 3.37. The van der Waals surface area contributed by atoms with Gasteiger partial charge in [0, 0.05) is 5.33 Å². The van der Waals surface area contributed by atoms with E-state index in [1.165, 1.54) is 6.07 Å². The van der Waals surface area contributed by atoms with E-state index < -0.39 is 12.1 Å². The Morgan fingerprint density at radius 1 is 1.64 bits per heavy atom. The number of hydrogen-bond acceptors (Lipinski definition) is 3. The molecule has 1 rings (SSSR count). The molecule has 1 aromatic heterocycles. The van der Waals surface area contributed by atoms with E-state index >= 15 is 0 Å². The molecule has 0 radical (unpaired) electrons. The number of nitrogens with zero attached hydrogens (tertiary/aromatic N) is 2. The number of anilines is 1. The summed E-state index contributed by atoms with van der Waals surface area (Å²) >= 11 is 3.08. The van der Waals surface area contributed by atoms with E-state index in [1.54, 1.807) is 6.07 Å². The fraction of sp³-hybridized carbons (Fsp3) is 0.250. The number of nitrogen functional groups attached to an aromatic ring is 1. The van der Waals surface area contributed by atoms with E-state index in [9.17, 15) is 8.78 Å². The predicted molar refractivity (Wildman–Crippen MR) is 51.0 cm³/mol. The van der Waals surface area contributed by atoms with Gasteiger partial charge in [-0.15, -0.1) is 0 Å². The molecule has 3 nitrogen and oxygen atoms in total. The highest BCUT2D eigenvalue weighted by Crippen LogP contribution is 2.25. The summed E-state index contributed by atoms with van der Waals surface area (Å²) < 4.78 is 24.9. The number of rotatable bonds is 2. The monoisotopic (exact) mass is 261 g/mol. The van der Waals surface area contributed by atoms with Crippen LogP contribution in [0.15, 0.2) is 6.07 Å². The smallest absolute Gasteiger partial charge is 0.281 e. The predicted octanol–water partition coefficient (Wildman–Crippen LogP) is 2.37. The first-order valence-corrected chi connectivity index (χ1v) is 4.75. The van der Waals surface area contributed by atoms with Gasteiger partial charge in [-0.3, -0.25) is 0 Å². The van der Waals surface area contributed by atoms with E-state index in [0.717, 1.165) is 0 Å². The molecular weight excluding hydrogens is 256 g/mol. The van der Waals surface area contributed by atoms with Crippen LogP contribution in [0.3, 0.4) is 0 Å². The lowest BCUT2D eigenvalue weighted by molar-refractivity contribution is 0.145. The first-order valence-electron chi connectivity index (χ1n) is 3.63. The van der Waals surface area contributed by atoms with Crippen molar-refractivity contribution in [3.8, 4) is 6.07 Å². The average molecular weight is 262 g/mol. The second-order valence-electron chi connectivity index (χ2n) is 2.51. The normalized spacial score (nSPS) is 10.2. The Hall–Kier alpha value is -1.22. The molecule has 0 spiro atoms. The molecule has 0 aliphatic rings. The van der Waals surface area contributed by atoms with Crippen molar-refractivity contribution >= 4 is 21.6 Å². The zero-order valence-corrected chi connectivity index (χ0v) is 8.55. The molecule has 0 aliphatic heterocycles. The van der Waals surface area contributed by atoms with Crippen LogP contribution in [0.4, 0.5) is 14.5 Å². The van der Waals surface area contributed by atoms with Crippen molar-refractivity contribution in [1.29, 1.82) is 5.26 Å². The molecule has 0 bridgehead atoms. The van der Waals surface area contributed by atoms with Crippen LogP contribution in [0.1, 0.15) is 23.4 Å². The lowest BCUT2D eigenvalue weighted by Crippen LogP contribution is -2.03. The fourth-order valence-electron chi connectivity index (χ4n) is 0.991. The molecule has 0 atom stereocenters. The molecular formula is C8H6BrF2N3. The number of aromatic nitrogens is 1. The first kappa shape index (κ1) is 10.9. The minimum absolute atomic E-state index is 0.0345. The van der Waals surface area contributed by atoms with Crippen molar-refractivity contribution in [3.63, 3.8) is 0 Å². The Kier molecular flexibility index (Phi) is 3.36. The van der Waals surface area contributed by atoms with Gasteiger partial charge in [0.2, 0.25) is 0 Å². The Morgan fingerprint density at radius 2 is 2.29 bits per heavy atom. The highest BCUT2D eigenvalue weighted by molar-refractivity contribution is 9.08. The molecule has 0 fully saturated rings. The molecule has 2 N–H and O–H groups in total. The molecule has 1 heterocycles. The summed E-state index contributed by atoms with van der Waals surface area (Å²) in [5.41, 5.74) is 5.05. The SMILES string of the molecule is N#Cc1c(N)cc(CBr)nc1C(F)F. The van der Waals surface area contributed by atoms with Crippen molar-refractivity contribution in [3.05, 3.63) is 23.0 Å². The van der Waals surface area contributed by atoms with Gasteiger partial charge in [-0.25, -0.2) is 13.8 Å². The number of nitriles is 1. The van der Waals surface area contributed by atoms with Crippen LogP contribution in [-0.4, -0.2) is 4.98 Å². The topological polar surface area (TPSA) is 62.7 Å². The van der Waals surface area contributed by atoms with Gasteiger partial charge in [0.1, 0.15) is 17.3 Å². The maximum atomic E-state index is 12.4. The van der Waals surface area contributed by atoms with Crippen LogP contribution < -0.4 is 5.73 Å². The minimum atomic E-state index is -2.79. The number of halogens is 3. The molecule has 0 amide bonds. The van der Waals surface area contributed by atoms with Crippen LogP contribution in [0.25, 0.3) is 0 Å². The number of hydrogen-bond donors (Lipinski definition) is 1. The van der Waals surface area contributed by atoms with Gasteiger partial charge in [0.25, 0.3) is 6.43 Å². The summed E-state index contributed by atoms with van der Waals surface area (Å²) in [5.74, 6) is 0. The van der Waals surface area contributed by atoms with Crippen LogP contribution in [0.2, 0.25) is 0 Å². The van der Waals surface area contributed by atoms with Crippen LogP contribution in [0, 0.1) is 11.3 Å². The summed E-state index contributed by atoms with van der Waals surface area (Å²) in [4.78, 5) is 3.62. The maximum Gasteiger partial charge on any atom is 0.281 e. The van der Waals surface area contributed by atoms with Crippen LogP contribution in [-0.2, 0) is 5.33 Å². The molecule has 1 aromatic rings. The molecule has 0 aliphatic carbocycles. The average Bonchev–Trinajstić information content (AvgIpc) is 2.16. The quantitative estimate of drug-likeness (QED) is 0.832. The zero-order chi connectivity index (χ0) is 10.7. The highest BCUT2D eigenvalue weighted by Gasteiger charge is 2.18. The number of nitrogens with two attached hydrogens (primary N) is 1. The molecule has 0 unspecified atom stereocenters. The van der Waals surface area contributed by atoms with Gasteiger partial charge in [0.05, 0.1) is 11.4 Å². The van der Waals surface area contributed by atoms with E-state index in [2.05, 4.69) is 20.9 Å². The third-order valence-electron chi connectivity index (χ3n) is 1.59. The van der Waals surface area contributed by atoms with Crippen molar-refractivity contribution in [2.45, 2.75) is 11.8 Å². The van der Waals surface area contributed by atoms with Crippen molar-refractivity contribution in [2.24, 2.45) is 0 Å². The third-order valence-corrected chi connectivity index (χ3v) is 2.16. The van der Waals surface area contributed by atoms with Gasteiger partial charge in [-0.05, 0) is 6.07 Å². The van der Waals surface area contributed by atoms with Crippen molar-refractivity contribution < 1.29 is 8.78 Å². The second kappa shape index (κ2) is 4.33. The largest absolute Gasteiger partial charge is 0.398 e. The van der Waals surface area contributed by atoms with E-state index in [0.29, 0.717) is 11.0 Å². The molecule has 74 valence electrons. The minimum Gasteiger partial charge on any atom is -0.398 e. The third kappa shape index (κ3) is 1.99. The molecule has 6 heteroatoms. The highest BCUT2D eigenvalue weighted by atomic mass is 79.9. The van der Waals surface area contributed by atoms with Crippen molar-refractivity contribution in [2.75, 3.05) is 5.73 Å². The molecule has 14 heavy (non-hydrogen) atoms. The first-order chi connectivity index (χ1) is 6.60.